The number of hydrogen-bond donors (Lipinski definition) is 2. The monoisotopic (exact) mass is 248 g/mol. The Morgan fingerprint density at radius 2 is 2.17 bits per heavy atom. The number of nitrogens with zero attached hydrogens (tertiary/aromatic N) is 1. The summed E-state index contributed by atoms with van der Waals surface area (Å²) in [6.45, 7) is 4.21. The minimum Gasteiger partial charge on any atom is -0.392 e. The number of hydrogen-bond acceptors (Lipinski definition) is 3. The van der Waals surface area contributed by atoms with E-state index < -0.39 is 0 Å². The van der Waals surface area contributed by atoms with Gasteiger partial charge < -0.3 is 5.11 Å². The number of aliphatic hydroxyl groups is 1. The smallest absolute Gasteiger partial charge is 0.167 e. The number of rotatable bonds is 3. The zero-order valence-corrected chi connectivity index (χ0v) is 11.0. The summed E-state index contributed by atoms with van der Waals surface area (Å²) in [4.78, 5) is 12.2. The molecule has 0 saturated heterocycles. The van der Waals surface area contributed by atoms with Gasteiger partial charge in [-0.15, -0.1) is 0 Å². The number of fused-ring (bicyclic) bond motifs is 1. The van der Waals surface area contributed by atoms with Crippen molar-refractivity contribution < 1.29 is 9.90 Å². The van der Waals surface area contributed by atoms with Crippen LogP contribution in [0.15, 0.2) is 0 Å². The number of H-pyrrole nitrogens is 1. The van der Waals surface area contributed by atoms with Crippen molar-refractivity contribution in [2.45, 2.75) is 52.1 Å². The fourth-order valence-corrected chi connectivity index (χ4v) is 2.94. The molecule has 18 heavy (non-hydrogen) atoms. The largest absolute Gasteiger partial charge is 0.392 e. The lowest BCUT2D eigenvalue weighted by Crippen LogP contribution is -2.27. The van der Waals surface area contributed by atoms with Gasteiger partial charge in [0.1, 0.15) is 0 Å². The Morgan fingerprint density at radius 3 is 2.83 bits per heavy atom. The normalized spacial score (nSPS) is 23.8. The molecule has 4 nitrogen and oxygen atoms in total. The summed E-state index contributed by atoms with van der Waals surface area (Å²) >= 11 is 0. The highest BCUT2D eigenvalue weighted by molar-refractivity contribution is 5.99. The Morgan fingerprint density at radius 1 is 1.44 bits per heavy atom. The van der Waals surface area contributed by atoms with Crippen molar-refractivity contribution in [3.05, 3.63) is 17.0 Å². The van der Waals surface area contributed by atoms with Gasteiger partial charge in [0.25, 0.3) is 0 Å². The predicted octanol–water partition coefficient (Wildman–Crippen LogP) is 1.88. The average molecular weight is 248 g/mol. The highest BCUT2D eigenvalue weighted by Gasteiger charge is 2.36. The molecule has 1 aromatic heterocycles. The molecule has 2 aliphatic carbocycles. The van der Waals surface area contributed by atoms with Gasteiger partial charge in [0.2, 0.25) is 0 Å². The van der Waals surface area contributed by atoms with E-state index in [1.807, 2.05) is 0 Å². The fraction of sp³-hybridized carbons (Fsp3) is 0.714. The minimum absolute atomic E-state index is 0.0169. The molecule has 4 heteroatoms. The highest BCUT2D eigenvalue weighted by Crippen LogP contribution is 2.37. The van der Waals surface area contributed by atoms with Gasteiger partial charge in [0.15, 0.2) is 5.78 Å². The van der Waals surface area contributed by atoms with Crippen LogP contribution in [0.2, 0.25) is 0 Å². The third-order valence-corrected chi connectivity index (χ3v) is 4.06. The summed E-state index contributed by atoms with van der Waals surface area (Å²) in [6, 6.07) is 0. The molecular formula is C14H20N2O2. The third-order valence-electron chi connectivity index (χ3n) is 4.06. The van der Waals surface area contributed by atoms with Gasteiger partial charge in [-0.1, -0.05) is 13.8 Å². The second-order valence-corrected chi connectivity index (χ2v) is 6.57. The average Bonchev–Trinajstić information content (AvgIpc) is 3.01. The van der Waals surface area contributed by atoms with Gasteiger partial charge in [-0.3, -0.25) is 9.89 Å². The van der Waals surface area contributed by atoms with E-state index in [1.54, 1.807) is 0 Å². The summed E-state index contributed by atoms with van der Waals surface area (Å²) in [5.74, 6) is 0.598. The number of carbonyl (C=O) groups is 1. The van der Waals surface area contributed by atoms with Gasteiger partial charge in [-0.05, 0) is 30.6 Å². The number of aliphatic hydroxyl groups excluding tert-OH is 1. The maximum absolute atomic E-state index is 12.2. The summed E-state index contributed by atoms with van der Waals surface area (Å²) in [7, 11) is 0. The van der Waals surface area contributed by atoms with Crippen LogP contribution in [-0.2, 0) is 12.8 Å². The summed E-state index contributed by atoms with van der Waals surface area (Å²) in [5, 5.41) is 17.2. The molecule has 0 aliphatic heterocycles. The lowest BCUT2D eigenvalue weighted by Gasteiger charge is -2.28. The van der Waals surface area contributed by atoms with E-state index in [0.29, 0.717) is 18.8 Å². The van der Waals surface area contributed by atoms with Crippen LogP contribution >= 0.6 is 0 Å². The molecule has 0 spiro atoms. The van der Waals surface area contributed by atoms with E-state index >= 15 is 0 Å². The molecule has 1 atom stereocenters. The van der Waals surface area contributed by atoms with Crippen LogP contribution in [0, 0.1) is 11.3 Å². The maximum atomic E-state index is 12.2. The molecule has 98 valence electrons. The van der Waals surface area contributed by atoms with E-state index in [1.165, 1.54) is 0 Å². The van der Waals surface area contributed by atoms with Gasteiger partial charge in [0, 0.05) is 18.5 Å². The zero-order valence-electron chi connectivity index (χ0n) is 11.0. The van der Waals surface area contributed by atoms with Crippen molar-refractivity contribution in [2.75, 3.05) is 0 Å². The molecule has 0 bridgehead atoms. The Bertz CT molecular complexity index is 486. The molecule has 1 unspecified atom stereocenters. The molecule has 0 aromatic carbocycles. The fourth-order valence-electron chi connectivity index (χ4n) is 2.94. The quantitative estimate of drug-likeness (QED) is 0.858. The van der Waals surface area contributed by atoms with E-state index in [-0.39, 0.29) is 17.3 Å². The molecule has 1 heterocycles. The number of aromatic nitrogens is 2. The van der Waals surface area contributed by atoms with Crippen LogP contribution in [0.25, 0.3) is 0 Å². The predicted molar refractivity (Wildman–Crippen MR) is 67.5 cm³/mol. The van der Waals surface area contributed by atoms with Crippen molar-refractivity contribution in [3.8, 4) is 0 Å². The van der Waals surface area contributed by atoms with Crippen LogP contribution in [0.5, 0.6) is 0 Å². The van der Waals surface area contributed by atoms with Crippen LogP contribution in [-0.4, -0.2) is 27.2 Å². The topological polar surface area (TPSA) is 66.0 Å². The van der Waals surface area contributed by atoms with Gasteiger partial charge >= 0.3 is 0 Å². The summed E-state index contributed by atoms with van der Waals surface area (Å²) < 4.78 is 0. The van der Waals surface area contributed by atoms with Gasteiger partial charge in [0.05, 0.1) is 17.4 Å². The molecule has 1 saturated carbocycles. The van der Waals surface area contributed by atoms with Crippen molar-refractivity contribution >= 4 is 5.78 Å². The van der Waals surface area contributed by atoms with Crippen LogP contribution in [0.3, 0.4) is 0 Å². The lowest BCUT2D eigenvalue weighted by molar-refractivity contribution is 0.0909. The first-order chi connectivity index (χ1) is 8.46. The van der Waals surface area contributed by atoms with Crippen molar-refractivity contribution in [1.29, 1.82) is 0 Å². The van der Waals surface area contributed by atoms with Crippen molar-refractivity contribution in [1.82, 2.24) is 10.2 Å². The van der Waals surface area contributed by atoms with Crippen LogP contribution in [0.4, 0.5) is 0 Å². The molecule has 2 N–H and O–H groups in total. The molecule has 1 aromatic rings. The molecule has 1 fully saturated rings. The maximum Gasteiger partial charge on any atom is 0.167 e. The van der Waals surface area contributed by atoms with E-state index in [9.17, 15) is 9.90 Å². The van der Waals surface area contributed by atoms with Gasteiger partial charge in [-0.2, -0.15) is 5.10 Å². The van der Waals surface area contributed by atoms with E-state index in [4.69, 9.17) is 0 Å². The number of nitrogens with one attached hydrogen (secondary N) is 1. The standard InChI is InChI=1S/C14H20N2O2/c1-14(2)6-10-13(12(18)7-14)9(15-16-10)5-11(17)8-3-4-8/h8,11,17H,3-7H2,1-2H3,(H,15,16). The summed E-state index contributed by atoms with van der Waals surface area (Å²) in [5.41, 5.74) is 2.50. The first-order valence-corrected chi connectivity index (χ1v) is 6.74. The second kappa shape index (κ2) is 3.92. The highest BCUT2D eigenvalue weighted by atomic mass is 16.3. The molecule has 2 aliphatic rings. The number of Topliss-reactive ketones (excluding diaryl/α,β-unsaturated/α-hetero) is 1. The molecule has 0 radical (unpaired) electrons. The first kappa shape index (κ1) is 11.9. The summed E-state index contributed by atoms with van der Waals surface area (Å²) in [6.07, 6.45) is 3.83. The van der Waals surface area contributed by atoms with Crippen LogP contribution < -0.4 is 0 Å². The molecule has 3 rings (SSSR count). The van der Waals surface area contributed by atoms with E-state index in [0.717, 1.165) is 36.2 Å². The third kappa shape index (κ3) is 2.09. The molecule has 0 amide bonds. The van der Waals surface area contributed by atoms with Gasteiger partial charge in [-0.25, -0.2) is 0 Å². The van der Waals surface area contributed by atoms with E-state index in [2.05, 4.69) is 24.0 Å². The second-order valence-electron chi connectivity index (χ2n) is 6.57. The number of carbonyl (C=O) groups excluding carboxylic acids is 1. The Balaban J connectivity index is 1.85. The Kier molecular flexibility index (Phi) is 2.59. The number of aromatic amines is 1. The minimum atomic E-state index is -0.333. The Hall–Kier alpha value is -1.16. The first-order valence-electron chi connectivity index (χ1n) is 6.74. The molecular weight excluding hydrogens is 228 g/mol. The van der Waals surface area contributed by atoms with Crippen molar-refractivity contribution in [3.63, 3.8) is 0 Å². The van der Waals surface area contributed by atoms with Crippen LogP contribution in [0.1, 0.15) is 54.9 Å². The number of ketones is 1. The SMILES string of the molecule is CC1(C)CC(=O)c2c(CC(O)C3CC3)n[nH]c2C1. The van der Waals surface area contributed by atoms with Crippen molar-refractivity contribution in [2.24, 2.45) is 11.3 Å². The lowest BCUT2D eigenvalue weighted by atomic mass is 9.75. The zero-order chi connectivity index (χ0) is 12.9. The Labute approximate surface area is 107 Å².